The van der Waals surface area contributed by atoms with E-state index >= 15 is 0 Å². The lowest BCUT2D eigenvalue weighted by Crippen LogP contribution is -2.30. The Bertz CT molecular complexity index is 996. The summed E-state index contributed by atoms with van der Waals surface area (Å²) in [6.45, 7) is 4.27. The van der Waals surface area contributed by atoms with Gasteiger partial charge in [0, 0.05) is 37.5 Å². The van der Waals surface area contributed by atoms with Crippen molar-refractivity contribution in [1.82, 2.24) is 5.32 Å². The molecule has 32 heavy (non-hydrogen) atoms. The van der Waals surface area contributed by atoms with E-state index in [0.29, 0.717) is 41.3 Å². The number of carbonyl (C=O) groups is 2. The fourth-order valence-corrected chi connectivity index (χ4v) is 2.76. The fraction of sp³-hybridized carbons (Fsp3) is 0.304. The molecule has 2 aromatic rings. The lowest BCUT2D eigenvalue weighted by atomic mass is 10.1. The van der Waals surface area contributed by atoms with Crippen LogP contribution in [0.1, 0.15) is 25.8 Å². The minimum atomic E-state index is -0.489. The molecule has 9 heteroatoms. The number of nitriles is 1. The minimum absolute atomic E-state index is 0.0270. The van der Waals surface area contributed by atoms with E-state index in [1.165, 1.54) is 6.34 Å². The number of benzene rings is 2. The molecule has 0 aliphatic carbocycles. The molecule has 3 amide bonds. The van der Waals surface area contributed by atoms with Crippen LogP contribution in [0.25, 0.3) is 0 Å². The van der Waals surface area contributed by atoms with Crippen molar-refractivity contribution in [2.24, 2.45) is 10.9 Å². The van der Waals surface area contributed by atoms with Crippen LogP contribution >= 0.6 is 0 Å². The zero-order valence-corrected chi connectivity index (χ0v) is 18.4. The number of aliphatic imine (C=N–C) groups is 1. The molecule has 0 unspecified atom stereocenters. The van der Waals surface area contributed by atoms with Crippen molar-refractivity contribution in [3.8, 4) is 6.07 Å². The summed E-state index contributed by atoms with van der Waals surface area (Å²) in [7, 11) is 1.70. The van der Waals surface area contributed by atoms with Crippen LogP contribution in [0.5, 0.6) is 0 Å². The van der Waals surface area contributed by atoms with Crippen molar-refractivity contribution in [2.75, 3.05) is 35.7 Å². The fourth-order valence-electron chi connectivity index (χ4n) is 2.76. The summed E-state index contributed by atoms with van der Waals surface area (Å²) in [5.41, 5.74) is 2.95. The summed E-state index contributed by atoms with van der Waals surface area (Å²) >= 11 is 0. The molecule has 9 nitrogen and oxygen atoms in total. The largest absolute Gasteiger partial charge is 0.396 e. The molecular formula is C23H28N6O3. The first kappa shape index (κ1) is 24.4. The maximum atomic E-state index is 12.3. The van der Waals surface area contributed by atoms with Crippen LogP contribution < -0.4 is 20.9 Å². The van der Waals surface area contributed by atoms with Crippen molar-refractivity contribution >= 4 is 41.0 Å². The minimum Gasteiger partial charge on any atom is -0.396 e. The lowest BCUT2D eigenvalue weighted by Gasteiger charge is -2.21. The number of carbonyl (C=O) groups excluding carboxylic acids is 2. The highest BCUT2D eigenvalue weighted by molar-refractivity contribution is 5.97. The molecule has 0 spiro atoms. The monoisotopic (exact) mass is 436 g/mol. The average Bonchev–Trinajstić information content (AvgIpc) is 2.79. The van der Waals surface area contributed by atoms with E-state index in [1.807, 2.05) is 26.0 Å². The molecule has 168 valence electrons. The van der Waals surface area contributed by atoms with Gasteiger partial charge in [-0.25, -0.2) is 9.79 Å². The molecule has 0 aliphatic heterocycles. The van der Waals surface area contributed by atoms with Gasteiger partial charge in [-0.3, -0.25) is 10.1 Å². The first-order valence-electron chi connectivity index (χ1n) is 10.2. The van der Waals surface area contributed by atoms with Crippen LogP contribution in [0.15, 0.2) is 47.5 Å². The topological polar surface area (TPSA) is 130 Å². The molecule has 2 aromatic carbocycles. The van der Waals surface area contributed by atoms with Crippen molar-refractivity contribution in [1.29, 1.82) is 5.26 Å². The molecule has 0 aromatic heterocycles. The van der Waals surface area contributed by atoms with Gasteiger partial charge in [0.2, 0.25) is 5.91 Å². The van der Waals surface area contributed by atoms with Gasteiger partial charge in [0.15, 0.2) is 0 Å². The molecule has 0 saturated carbocycles. The second-order valence-corrected chi connectivity index (χ2v) is 7.30. The standard InChI is InChI=1S/C23H28N6O3/c1-16(2)22(31)29(3)19-9-10-20(25-11-4-12-30)21(13-19)26-15-27-23(32)28-18-7-5-17(14-24)6-8-18/h5-10,13,15-16,25,30H,4,11-12H2,1-3H3,(H2,26,27,28,32). The Kier molecular flexibility index (Phi) is 9.20. The van der Waals surface area contributed by atoms with Gasteiger partial charge in [0.25, 0.3) is 0 Å². The predicted octanol–water partition coefficient (Wildman–Crippen LogP) is 3.45. The molecule has 0 heterocycles. The molecule has 0 aliphatic rings. The number of aliphatic hydroxyl groups is 1. The SMILES string of the molecule is CC(C)C(=O)N(C)c1ccc(NCCCO)c(N=CNC(=O)Nc2ccc(C#N)cc2)c1. The summed E-state index contributed by atoms with van der Waals surface area (Å²) in [4.78, 5) is 30.3. The Balaban J connectivity index is 2.13. The van der Waals surface area contributed by atoms with Gasteiger partial charge in [-0.2, -0.15) is 5.26 Å². The van der Waals surface area contributed by atoms with Crippen molar-refractivity contribution in [2.45, 2.75) is 20.3 Å². The third kappa shape index (κ3) is 7.11. The number of aliphatic hydroxyl groups excluding tert-OH is 1. The molecule has 0 saturated heterocycles. The van der Waals surface area contributed by atoms with Crippen LogP contribution in [0.2, 0.25) is 0 Å². The van der Waals surface area contributed by atoms with Gasteiger partial charge in [0.05, 0.1) is 29.3 Å². The number of rotatable bonds is 9. The van der Waals surface area contributed by atoms with E-state index in [9.17, 15) is 9.59 Å². The highest BCUT2D eigenvalue weighted by Gasteiger charge is 2.16. The normalized spacial score (nSPS) is 10.6. The van der Waals surface area contributed by atoms with Crippen molar-refractivity contribution in [3.05, 3.63) is 48.0 Å². The zero-order chi connectivity index (χ0) is 23.5. The average molecular weight is 437 g/mol. The number of urea groups is 1. The van der Waals surface area contributed by atoms with Gasteiger partial charge < -0.3 is 20.6 Å². The van der Waals surface area contributed by atoms with E-state index in [0.717, 1.165) is 0 Å². The van der Waals surface area contributed by atoms with Gasteiger partial charge >= 0.3 is 6.03 Å². The van der Waals surface area contributed by atoms with Crippen LogP contribution in [0.4, 0.5) is 27.5 Å². The van der Waals surface area contributed by atoms with Crippen LogP contribution in [-0.2, 0) is 4.79 Å². The van der Waals surface area contributed by atoms with Gasteiger partial charge in [-0.05, 0) is 48.9 Å². The first-order valence-corrected chi connectivity index (χ1v) is 10.2. The maximum Gasteiger partial charge on any atom is 0.324 e. The van der Waals surface area contributed by atoms with Gasteiger partial charge in [0.1, 0.15) is 0 Å². The smallest absolute Gasteiger partial charge is 0.324 e. The first-order chi connectivity index (χ1) is 15.3. The second kappa shape index (κ2) is 12.1. The Morgan fingerprint density at radius 1 is 1.22 bits per heavy atom. The zero-order valence-electron chi connectivity index (χ0n) is 18.4. The van der Waals surface area contributed by atoms with E-state index in [2.05, 4.69) is 20.9 Å². The highest BCUT2D eigenvalue weighted by atomic mass is 16.3. The number of amides is 3. The number of nitrogens with zero attached hydrogens (tertiary/aromatic N) is 3. The Hall–Kier alpha value is -3.90. The number of hydrogen-bond acceptors (Lipinski definition) is 6. The van der Waals surface area contributed by atoms with Crippen LogP contribution in [0.3, 0.4) is 0 Å². The van der Waals surface area contributed by atoms with E-state index in [1.54, 1.807) is 48.3 Å². The summed E-state index contributed by atoms with van der Waals surface area (Å²) in [5.74, 6) is -0.178. The molecule has 0 fully saturated rings. The van der Waals surface area contributed by atoms with Crippen LogP contribution in [0, 0.1) is 17.2 Å². The molecule has 0 bridgehead atoms. The summed E-state index contributed by atoms with van der Waals surface area (Å²) < 4.78 is 0. The number of nitrogens with one attached hydrogen (secondary N) is 3. The maximum absolute atomic E-state index is 12.3. The highest BCUT2D eigenvalue weighted by Crippen LogP contribution is 2.30. The molecule has 2 rings (SSSR count). The van der Waals surface area contributed by atoms with E-state index in [-0.39, 0.29) is 18.4 Å². The quantitative estimate of drug-likeness (QED) is 0.272. The molecule has 4 N–H and O–H groups in total. The Morgan fingerprint density at radius 3 is 2.56 bits per heavy atom. The Labute approximate surface area is 187 Å². The summed E-state index contributed by atoms with van der Waals surface area (Å²) in [6.07, 6.45) is 1.83. The van der Waals surface area contributed by atoms with Gasteiger partial charge in [-0.1, -0.05) is 13.8 Å². The van der Waals surface area contributed by atoms with Crippen LogP contribution in [-0.4, -0.2) is 43.6 Å². The molecule has 0 radical (unpaired) electrons. The lowest BCUT2D eigenvalue weighted by molar-refractivity contribution is -0.121. The number of anilines is 3. The van der Waals surface area contributed by atoms with E-state index < -0.39 is 6.03 Å². The van der Waals surface area contributed by atoms with Gasteiger partial charge in [-0.15, -0.1) is 0 Å². The summed E-state index contributed by atoms with van der Waals surface area (Å²) in [6, 6.07) is 13.4. The second-order valence-electron chi connectivity index (χ2n) is 7.30. The summed E-state index contributed by atoms with van der Waals surface area (Å²) in [5, 5.41) is 26.2. The predicted molar refractivity (Wildman–Crippen MR) is 126 cm³/mol. The van der Waals surface area contributed by atoms with E-state index in [4.69, 9.17) is 10.4 Å². The Morgan fingerprint density at radius 2 is 1.94 bits per heavy atom. The number of hydrogen-bond donors (Lipinski definition) is 4. The molecule has 0 atom stereocenters. The van der Waals surface area contributed by atoms with Crippen molar-refractivity contribution in [3.63, 3.8) is 0 Å². The third-order valence-electron chi connectivity index (χ3n) is 4.51. The van der Waals surface area contributed by atoms with Crippen molar-refractivity contribution < 1.29 is 14.7 Å². The molecular weight excluding hydrogens is 408 g/mol. The third-order valence-corrected chi connectivity index (χ3v) is 4.51.